The molecule has 1 fully saturated rings. The second-order valence-corrected chi connectivity index (χ2v) is 7.08. The Balaban J connectivity index is 1.86. The summed E-state index contributed by atoms with van der Waals surface area (Å²) < 4.78 is 13.4. The third-order valence-electron chi connectivity index (χ3n) is 5.29. The second kappa shape index (κ2) is 6.46. The molecule has 1 aromatic rings. The number of benzene rings is 1. The lowest BCUT2D eigenvalue weighted by Gasteiger charge is -2.41. The van der Waals surface area contributed by atoms with Crippen LogP contribution in [0.15, 0.2) is 18.2 Å². The van der Waals surface area contributed by atoms with Crippen LogP contribution in [0, 0.1) is 11.7 Å². The molecular weight excluding hydrogens is 327 g/mol. The summed E-state index contributed by atoms with van der Waals surface area (Å²) in [5, 5.41) is 14.9. The van der Waals surface area contributed by atoms with Crippen molar-refractivity contribution >= 4 is 23.5 Å². The molecule has 1 heterocycles. The lowest BCUT2D eigenvalue weighted by Crippen LogP contribution is -2.56. The number of hydrogen-bond donors (Lipinski definition) is 3. The van der Waals surface area contributed by atoms with Gasteiger partial charge in [0.05, 0.1) is 17.4 Å². The van der Waals surface area contributed by atoms with Crippen molar-refractivity contribution in [3.63, 3.8) is 0 Å². The SMILES string of the molecule is CC1(NC(=O)C2CC(=O)Nc3cc(F)ccc32)CCCCC1C(=O)O. The van der Waals surface area contributed by atoms with E-state index in [1.54, 1.807) is 6.92 Å². The highest BCUT2D eigenvalue weighted by Crippen LogP contribution is 2.37. The number of rotatable bonds is 3. The van der Waals surface area contributed by atoms with Crippen LogP contribution in [0.2, 0.25) is 0 Å². The van der Waals surface area contributed by atoms with Crippen LogP contribution in [-0.2, 0) is 14.4 Å². The first kappa shape index (κ1) is 17.4. The average Bonchev–Trinajstić information content (AvgIpc) is 2.53. The fraction of sp³-hybridized carbons (Fsp3) is 0.500. The number of carboxylic acids is 1. The van der Waals surface area contributed by atoms with E-state index in [0.29, 0.717) is 24.1 Å². The predicted octanol–water partition coefficient (Wildman–Crippen LogP) is 2.40. The van der Waals surface area contributed by atoms with E-state index in [-0.39, 0.29) is 12.3 Å². The molecule has 0 aromatic heterocycles. The van der Waals surface area contributed by atoms with Gasteiger partial charge in [-0.25, -0.2) is 4.39 Å². The largest absolute Gasteiger partial charge is 0.481 e. The van der Waals surface area contributed by atoms with Crippen LogP contribution in [-0.4, -0.2) is 28.4 Å². The summed E-state index contributed by atoms with van der Waals surface area (Å²) in [5.41, 5.74) is -0.0142. The Hall–Kier alpha value is -2.44. The normalized spacial score (nSPS) is 28.6. The van der Waals surface area contributed by atoms with Gasteiger partial charge in [0.25, 0.3) is 0 Å². The fourth-order valence-corrected chi connectivity index (χ4v) is 3.92. The summed E-state index contributed by atoms with van der Waals surface area (Å²) >= 11 is 0. The zero-order valence-corrected chi connectivity index (χ0v) is 14.0. The number of carbonyl (C=O) groups is 3. The van der Waals surface area contributed by atoms with E-state index in [4.69, 9.17) is 0 Å². The minimum Gasteiger partial charge on any atom is -0.481 e. The molecule has 2 aliphatic rings. The molecular formula is C18H21FN2O4. The molecule has 0 bridgehead atoms. The Bertz CT molecular complexity index is 736. The van der Waals surface area contributed by atoms with E-state index < -0.39 is 35.1 Å². The summed E-state index contributed by atoms with van der Waals surface area (Å²) in [6.07, 6.45) is 2.70. The van der Waals surface area contributed by atoms with Gasteiger partial charge in [-0.2, -0.15) is 0 Å². The number of aliphatic carboxylic acids is 1. The fourth-order valence-electron chi connectivity index (χ4n) is 3.92. The van der Waals surface area contributed by atoms with Gasteiger partial charge < -0.3 is 15.7 Å². The molecule has 1 aliphatic carbocycles. The topological polar surface area (TPSA) is 95.5 Å². The zero-order valence-electron chi connectivity index (χ0n) is 14.0. The van der Waals surface area contributed by atoms with Gasteiger partial charge in [0.2, 0.25) is 11.8 Å². The highest BCUT2D eigenvalue weighted by atomic mass is 19.1. The number of anilines is 1. The Morgan fingerprint density at radius 2 is 2.12 bits per heavy atom. The van der Waals surface area contributed by atoms with Crippen molar-refractivity contribution in [3.05, 3.63) is 29.6 Å². The quantitative estimate of drug-likeness (QED) is 0.782. The van der Waals surface area contributed by atoms with Gasteiger partial charge in [-0.1, -0.05) is 18.9 Å². The summed E-state index contributed by atoms with van der Waals surface area (Å²) in [4.78, 5) is 36.3. The molecule has 3 unspecified atom stereocenters. The maximum Gasteiger partial charge on any atom is 0.308 e. The van der Waals surface area contributed by atoms with Crippen molar-refractivity contribution in [3.8, 4) is 0 Å². The molecule has 1 saturated carbocycles. The number of halogens is 1. The van der Waals surface area contributed by atoms with E-state index in [0.717, 1.165) is 12.8 Å². The minimum atomic E-state index is -0.925. The molecule has 0 radical (unpaired) electrons. The van der Waals surface area contributed by atoms with Crippen LogP contribution >= 0.6 is 0 Å². The van der Waals surface area contributed by atoms with Gasteiger partial charge in [-0.05, 0) is 37.5 Å². The predicted molar refractivity (Wildman–Crippen MR) is 88.5 cm³/mol. The second-order valence-electron chi connectivity index (χ2n) is 7.08. The summed E-state index contributed by atoms with van der Waals surface area (Å²) in [7, 11) is 0. The van der Waals surface area contributed by atoms with Crippen LogP contribution in [0.4, 0.5) is 10.1 Å². The molecule has 25 heavy (non-hydrogen) atoms. The monoisotopic (exact) mass is 348 g/mol. The van der Waals surface area contributed by atoms with Crippen LogP contribution in [0.5, 0.6) is 0 Å². The minimum absolute atomic E-state index is 0.0434. The number of hydrogen-bond acceptors (Lipinski definition) is 3. The van der Waals surface area contributed by atoms with Crippen LogP contribution in [0.25, 0.3) is 0 Å². The molecule has 0 spiro atoms. The van der Waals surface area contributed by atoms with Gasteiger partial charge in [-0.15, -0.1) is 0 Å². The smallest absolute Gasteiger partial charge is 0.308 e. The van der Waals surface area contributed by atoms with Crippen LogP contribution in [0.1, 0.15) is 50.5 Å². The average molecular weight is 348 g/mol. The number of nitrogens with one attached hydrogen (secondary N) is 2. The summed E-state index contributed by atoms with van der Waals surface area (Å²) in [6.45, 7) is 1.75. The summed E-state index contributed by atoms with van der Waals surface area (Å²) in [6, 6.07) is 3.93. The molecule has 3 atom stereocenters. The first-order valence-corrected chi connectivity index (χ1v) is 8.44. The number of amides is 2. The highest BCUT2D eigenvalue weighted by molar-refractivity contribution is 6.01. The third-order valence-corrected chi connectivity index (χ3v) is 5.29. The Kier molecular flexibility index (Phi) is 4.49. The van der Waals surface area contributed by atoms with E-state index >= 15 is 0 Å². The van der Waals surface area contributed by atoms with E-state index in [1.807, 2.05) is 0 Å². The van der Waals surface area contributed by atoms with Crippen molar-refractivity contribution in [2.24, 2.45) is 5.92 Å². The van der Waals surface area contributed by atoms with Gasteiger partial charge >= 0.3 is 5.97 Å². The lowest BCUT2D eigenvalue weighted by molar-refractivity contribution is -0.147. The van der Waals surface area contributed by atoms with Crippen molar-refractivity contribution in [2.75, 3.05) is 5.32 Å². The Morgan fingerprint density at radius 1 is 1.36 bits per heavy atom. The molecule has 3 rings (SSSR count). The first-order valence-electron chi connectivity index (χ1n) is 8.44. The first-order chi connectivity index (χ1) is 11.8. The molecule has 7 heteroatoms. The van der Waals surface area contributed by atoms with Crippen molar-refractivity contribution in [1.29, 1.82) is 0 Å². The van der Waals surface area contributed by atoms with E-state index in [9.17, 15) is 23.9 Å². The van der Waals surface area contributed by atoms with Gasteiger partial charge in [0.1, 0.15) is 5.82 Å². The number of carboxylic acid groups (broad SMARTS) is 1. The van der Waals surface area contributed by atoms with Crippen LogP contribution in [0.3, 0.4) is 0 Å². The van der Waals surface area contributed by atoms with Crippen molar-refractivity contribution in [2.45, 2.75) is 50.5 Å². The van der Waals surface area contributed by atoms with Crippen molar-refractivity contribution in [1.82, 2.24) is 5.32 Å². The summed E-state index contributed by atoms with van der Waals surface area (Å²) in [5.74, 6) is -3.58. The molecule has 2 amide bonds. The molecule has 134 valence electrons. The third kappa shape index (κ3) is 3.36. The van der Waals surface area contributed by atoms with Crippen LogP contribution < -0.4 is 10.6 Å². The maximum atomic E-state index is 13.4. The Labute approximate surface area is 144 Å². The van der Waals surface area contributed by atoms with Gasteiger partial charge in [0, 0.05) is 12.1 Å². The zero-order chi connectivity index (χ0) is 18.2. The lowest BCUT2D eigenvalue weighted by atomic mass is 9.73. The molecule has 6 nitrogen and oxygen atoms in total. The molecule has 1 aromatic carbocycles. The van der Waals surface area contributed by atoms with Gasteiger partial charge in [-0.3, -0.25) is 14.4 Å². The number of fused-ring (bicyclic) bond motifs is 1. The van der Waals surface area contributed by atoms with E-state index in [1.165, 1.54) is 18.2 Å². The van der Waals surface area contributed by atoms with Gasteiger partial charge in [0.15, 0.2) is 0 Å². The van der Waals surface area contributed by atoms with E-state index in [2.05, 4.69) is 10.6 Å². The maximum absolute atomic E-state index is 13.4. The highest BCUT2D eigenvalue weighted by Gasteiger charge is 2.44. The molecule has 0 saturated heterocycles. The standard InChI is InChI=1S/C18H21FN2O4/c1-18(7-3-2-4-13(18)17(24)25)21-16(23)12-9-15(22)20-14-8-10(19)5-6-11(12)14/h5-6,8,12-13H,2-4,7,9H2,1H3,(H,20,22)(H,21,23)(H,24,25). The molecule has 3 N–H and O–H groups in total. The van der Waals surface area contributed by atoms with Crippen molar-refractivity contribution < 1.29 is 23.9 Å². The molecule has 1 aliphatic heterocycles. The Morgan fingerprint density at radius 3 is 2.84 bits per heavy atom. The number of carbonyl (C=O) groups excluding carboxylic acids is 2.